The maximum atomic E-state index is 13.6. The summed E-state index contributed by atoms with van der Waals surface area (Å²) in [6, 6.07) is 2.95. The number of hydrogen-bond donors (Lipinski definition) is 4. The number of allylic oxidation sites excluding steroid dienone is 2. The Morgan fingerprint density at radius 2 is 2.13 bits per heavy atom. The van der Waals surface area contributed by atoms with Crippen molar-refractivity contribution in [3.63, 3.8) is 0 Å². The summed E-state index contributed by atoms with van der Waals surface area (Å²) >= 11 is 0. The number of nitrogens with one attached hydrogen (secondary N) is 2. The predicted octanol–water partition coefficient (Wildman–Crippen LogP) is 2.29. The summed E-state index contributed by atoms with van der Waals surface area (Å²) in [6.45, 7) is 6.59. The monoisotopic (exact) mass is 525 g/mol. The Morgan fingerprint density at radius 1 is 1.34 bits per heavy atom. The quantitative estimate of drug-likeness (QED) is 0.299. The number of carbonyl (C=O) groups excluding carboxylic acids is 1. The Kier molecular flexibility index (Phi) is 6.65. The number of epoxide rings is 1. The summed E-state index contributed by atoms with van der Waals surface area (Å²) in [7, 11) is 1.82. The molecule has 204 valence electrons. The lowest BCUT2D eigenvalue weighted by atomic mass is 9.89. The molecule has 4 heterocycles. The van der Waals surface area contributed by atoms with Crippen molar-refractivity contribution in [3.05, 3.63) is 57.2 Å². The molecule has 0 aliphatic carbocycles. The highest BCUT2D eigenvalue weighted by Gasteiger charge is 2.63. The van der Waals surface area contributed by atoms with Gasteiger partial charge in [0.2, 0.25) is 0 Å². The van der Waals surface area contributed by atoms with Crippen LogP contribution >= 0.6 is 0 Å². The highest BCUT2D eigenvalue weighted by molar-refractivity contribution is 5.87. The molecule has 10 nitrogen and oxygen atoms in total. The molecule has 1 aromatic heterocycles. The minimum absolute atomic E-state index is 0.0840. The van der Waals surface area contributed by atoms with Crippen molar-refractivity contribution < 1.29 is 28.5 Å². The first kappa shape index (κ1) is 26.1. The second-order valence-electron chi connectivity index (χ2n) is 10.7. The fraction of sp³-hybridized carbons (Fsp3) is 0.500. The molecule has 1 fully saturated rings. The lowest BCUT2D eigenvalue weighted by Gasteiger charge is -2.39. The van der Waals surface area contributed by atoms with Gasteiger partial charge < -0.3 is 40.1 Å². The van der Waals surface area contributed by atoms with Crippen molar-refractivity contribution in [1.29, 1.82) is 0 Å². The van der Waals surface area contributed by atoms with Gasteiger partial charge in [-0.15, -0.1) is 0 Å². The van der Waals surface area contributed by atoms with Crippen molar-refractivity contribution in [2.75, 3.05) is 20.1 Å². The fourth-order valence-electron chi connectivity index (χ4n) is 5.33. The number of fused-ring (bicyclic) bond motifs is 2. The third kappa shape index (κ3) is 4.74. The standard InChI is InChI=1S/C28H35N3O7/c1-15-11-18(32)24-20(35-15)14-19-17(25(24)33)13-22(27(2,3)37-19)36-26(34)28(8-10-30-4)21(38-28)6-5-16-7-9-31-23(29)12-16/h7,11-12,14,21-22,30-31,33H,5-6,8-10,13,29H2,1-4H3. The second kappa shape index (κ2) is 9.67. The van der Waals surface area contributed by atoms with Crippen molar-refractivity contribution >= 4 is 16.9 Å². The van der Waals surface area contributed by atoms with Crippen molar-refractivity contribution in [2.45, 2.75) is 69.9 Å². The van der Waals surface area contributed by atoms with E-state index in [0.717, 1.165) is 12.0 Å². The third-order valence-corrected chi connectivity index (χ3v) is 7.58. The third-order valence-electron chi connectivity index (χ3n) is 7.58. The maximum Gasteiger partial charge on any atom is 0.341 e. The second-order valence-corrected chi connectivity index (χ2v) is 10.7. The number of rotatable bonds is 8. The zero-order valence-corrected chi connectivity index (χ0v) is 22.2. The summed E-state index contributed by atoms with van der Waals surface area (Å²) in [5.41, 5.74) is 5.35. The zero-order valence-electron chi connectivity index (χ0n) is 22.2. The van der Waals surface area contributed by atoms with Gasteiger partial charge in [0, 0.05) is 37.1 Å². The Morgan fingerprint density at radius 3 is 2.87 bits per heavy atom. The van der Waals surface area contributed by atoms with Gasteiger partial charge in [0.05, 0.1) is 11.9 Å². The molecular weight excluding hydrogens is 490 g/mol. The van der Waals surface area contributed by atoms with E-state index in [4.69, 9.17) is 24.4 Å². The summed E-state index contributed by atoms with van der Waals surface area (Å²) in [4.78, 5) is 26.2. The Hall–Kier alpha value is -3.50. The summed E-state index contributed by atoms with van der Waals surface area (Å²) in [5.74, 6) is 0.798. The van der Waals surface area contributed by atoms with Gasteiger partial charge in [-0.05, 0) is 58.9 Å². The number of phenolic OH excluding ortho intramolecular Hbond substituents is 1. The van der Waals surface area contributed by atoms with E-state index in [0.29, 0.717) is 48.8 Å². The van der Waals surface area contributed by atoms with Crippen LogP contribution in [-0.2, 0) is 20.7 Å². The molecule has 0 spiro atoms. The van der Waals surface area contributed by atoms with Crippen LogP contribution in [0.4, 0.5) is 0 Å². The van der Waals surface area contributed by atoms with Gasteiger partial charge in [0.15, 0.2) is 11.0 Å². The molecule has 3 atom stereocenters. The minimum Gasteiger partial charge on any atom is -0.507 e. The average Bonchev–Trinajstić information content (AvgIpc) is 3.56. The number of ether oxygens (including phenoxy) is 3. The van der Waals surface area contributed by atoms with E-state index in [9.17, 15) is 14.7 Å². The molecule has 2 aromatic rings. The molecule has 3 aliphatic heterocycles. The van der Waals surface area contributed by atoms with Crippen LogP contribution in [-0.4, -0.2) is 54.6 Å². The number of benzene rings is 1. The minimum atomic E-state index is -1.05. The Bertz CT molecular complexity index is 1390. The molecule has 3 unspecified atom stereocenters. The van der Waals surface area contributed by atoms with E-state index >= 15 is 0 Å². The van der Waals surface area contributed by atoms with E-state index in [-0.39, 0.29) is 34.7 Å². The van der Waals surface area contributed by atoms with Crippen molar-refractivity contribution in [2.24, 2.45) is 5.73 Å². The number of aromatic hydroxyl groups is 1. The normalized spacial score (nSPS) is 25.5. The summed E-state index contributed by atoms with van der Waals surface area (Å²) in [5, 5.41) is 17.2. The van der Waals surface area contributed by atoms with Gasteiger partial charge >= 0.3 is 5.97 Å². The number of esters is 1. The summed E-state index contributed by atoms with van der Waals surface area (Å²) < 4.78 is 23.9. The number of nitrogens with two attached hydrogens (primary N) is 1. The molecule has 0 bridgehead atoms. The van der Waals surface area contributed by atoms with Crippen LogP contribution < -0.4 is 26.5 Å². The molecule has 1 saturated heterocycles. The lowest BCUT2D eigenvalue weighted by molar-refractivity contribution is -0.167. The molecule has 5 rings (SSSR count). The molecule has 38 heavy (non-hydrogen) atoms. The van der Waals surface area contributed by atoms with Crippen molar-refractivity contribution in [3.8, 4) is 11.5 Å². The number of phenols is 1. The topological polar surface area (TPSA) is 149 Å². The van der Waals surface area contributed by atoms with Crippen LogP contribution in [0.25, 0.3) is 11.0 Å². The van der Waals surface area contributed by atoms with E-state index in [1.165, 1.54) is 6.07 Å². The lowest BCUT2D eigenvalue weighted by Crippen LogP contribution is -2.50. The number of carbonyl (C=O) groups is 1. The Labute approximate surface area is 220 Å². The van der Waals surface area contributed by atoms with Crippen LogP contribution in [0, 0.1) is 6.92 Å². The van der Waals surface area contributed by atoms with E-state index in [1.54, 1.807) is 13.0 Å². The first-order chi connectivity index (χ1) is 18.0. The van der Waals surface area contributed by atoms with Gasteiger partial charge in [-0.2, -0.15) is 0 Å². The fourth-order valence-corrected chi connectivity index (χ4v) is 5.33. The van der Waals surface area contributed by atoms with Crippen LogP contribution in [0.5, 0.6) is 11.5 Å². The smallest absolute Gasteiger partial charge is 0.341 e. The highest BCUT2D eigenvalue weighted by Crippen LogP contribution is 2.47. The molecule has 0 radical (unpaired) electrons. The van der Waals surface area contributed by atoms with Gasteiger partial charge in [-0.25, -0.2) is 4.79 Å². The largest absolute Gasteiger partial charge is 0.507 e. The van der Waals surface area contributed by atoms with Crippen LogP contribution in [0.2, 0.25) is 0 Å². The average molecular weight is 526 g/mol. The van der Waals surface area contributed by atoms with Gasteiger partial charge in [0.25, 0.3) is 0 Å². The number of dihydropyridines is 1. The zero-order chi connectivity index (χ0) is 27.2. The highest BCUT2D eigenvalue weighted by atomic mass is 16.7. The van der Waals surface area contributed by atoms with E-state index < -0.39 is 23.3 Å². The Balaban J connectivity index is 1.36. The van der Waals surface area contributed by atoms with Gasteiger partial charge in [-0.3, -0.25) is 4.79 Å². The molecule has 10 heteroatoms. The molecular formula is C28H35N3O7. The first-order valence-electron chi connectivity index (χ1n) is 13.0. The maximum absolute atomic E-state index is 13.6. The number of aryl methyl sites for hydroxylation is 1. The van der Waals surface area contributed by atoms with Crippen LogP contribution in [0.1, 0.15) is 44.4 Å². The molecule has 5 N–H and O–H groups in total. The van der Waals surface area contributed by atoms with Crippen molar-refractivity contribution in [1.82, 2.24) is 10.6 Å². The van der Waals surface area contributed by atoms with Gasteiger partial charge in [0.1, 0.15) is 39.9 Å². The molecule has 3 aliphatic rings. The van der Waals surface area contributed by atoms with E-state index in [1.807, 2.05) is 27.0 Å². The molecule has 0 saturated carbocycles. The predicted molar refractivity (Wildman–Crippen MR) is 141 cm³/mol. The van der Waals surface area contributed by atoms with E-state index in [2.05, 4.69) is 16.7 Å². The molecule has 0 amide bonds. The summed E-state index contributed by atoms with van der Waals surface area (Å²) in [6.07, 6.45) is 5.01. The van der Waals surface area contributed by atoms with Gasteiger partial charge in [-0.1, -0.05) is 6.08 Å². The SMILES string of the molecule is CNCCC1(C(=O)OC2Cc3c(cc4oc(C)cc(=O)c4c3O)OC2(C)C)OC1CCC1=CCNC(N)=C1. The number of hydrogen-bond acceptors (Lipinski definition) is 10. The van der Waals surface area contributed by atoms with Crippen LogP contribution in [0.3, 0.4) is 0 Å². The van der Waals surface area contributed by atoms with Crippen LogP contribution in [0.15, 0.2) is 44.9 Å². The first-order valence-corrected chi connectivity index (χ1v) is 13.0. The molecule has 1 aromatic carbocycles.